The molecular formula is C3H10O3Si. The number of hydrogen-bond acceptors (Lipinski definition) is 3. The zero-order valence-electron chi connectivity index (χ0n) is 4.80. The van der Waals surface area contributed by atoms with Crippen molar-refractivity contribution in [2.75, 3.05) is 0 Å². The zero-order valence-corrected chi connectivity index (χ0v) is 6.80. The molecule has 0 amide bonds. The summed E-state index contributed by atoms with van der Waals surface area (Å²) in [5, 5.41) is 4.16. The van der Waals surface area contributed by atoms with Crippen molar-refractivity contribution < 1.29 is 14.5 Å². The molecule has 44 valence electrons. The summed E-state index contributed by atoms with van der Waals surface area (Å²) in [6.45, 7) is 3.72. The van der Waals surface area contributed by atoms with E-state index in [1.54, 1.807) is 0 Å². The van der Waals surface area contributed by atoms with E-state index in [-0.39, 0.29) is 6.10 Å². The van der Waals surface area contributed by atoms with Crippen LogP contribution < -0.4 is 0 Å². The lowest BCUT2D eigenvalue weighted by atomic mass is 10.5. The normalized spacial score (nSPS) is 10.7. The summed E-state index contributed by atoms with van der Waals surface area (Å²) >= 11 is 0. The molecule has 0 saturated heterocycles. The van der Waals surface area contributed by atoms with Gasteiger partial charge in [-0.2, -0.15) is 0 Å². The Labute approximate surface area is 46.0 Å². The van der Waals surface area contributed by atoms with E-state index in [9.17, 15) is 0 Å². The van der Waals surface area contributed by atoms with Crippen LogP contribution in [0.5, 0.6) is 0 Å². The standard InChI is InChI=1S/C3H10O3Si/c1-3(2)4-5-6-7/h3H,1-2,7H3. The van der Waals surface area contributed by atoms with Crippen molar-refractivity contribution in [3.05, 3.63) is 0 Å². The molecule has 0 heterocycles. The Morgan fingerprint density at radius 1 is 1.43 bits per heavy atom. The highest BCUT2D eigenvalue weighted by atomic mass is 28.2. The summed E-state index contributed by atoms with van der Waals surface area (Å²) in [7, 11) is 0.547. The van der Waals surface area contributed by atoms with Crippen LogP contribution in [0.1, 0.15) is 13.8 Å². The minimum absolute atomic E-state index is 0.0777. The van der Waals surface area contributed by atoms with Gasteiger partial charge in [0.2, 0.25) is 0 Å². The molecule has 0 spiro atoms. The molecule has 4 heteroatoms. The first-order chi connectivity index (χ1) is 3.27. The van der Waals surface area contributed by atoms with Crippen LogP contribution in [0.25, 0.3) is 0 Å². The third-order valence-corrected chi connectivity index (χ3v) is 0.436. The van der Waals surface area contributed by atoms with Gasteiger partial charge in [0, 0.05) is 0 Å². The largest absolute Gasteiger partial charge is 0.269 e. The molecule has 0 aliphatic rings. The molecule has 0 aliphatic heterocycles. The van der Waals surface area contributed by atoms with Crippen molar-refractivity contribution in [2.45, 2.75) is 20.0 Å². The topological polar surface area (TPSA) is 27.7 Å². The summed E-state index contributed by atoms with van der Waals surface area (Å²) in [4.78, 5) is 4.50. The second-order valence-electron chi connectivity index (χ2n) is 1.38. The molecule has 0 aromatic carbocycles. The molecule has 0 aromatic rings. The van der Waals surface area contributed by atoms with Crippen molar-refractivity contribution in [3.8, 4) is 0 Å². The first-order valence-electron chi connectivity index (χ1n) is 2.13. The minimum atomic E-state index is 0.0777. The second kappa shape index (κ2) is 4.26. The van der Waals surface area contributed by atoms with Crippen molar-refractivity contribution in [3.63, 3.8) is 0 Å². The lowest BCUT2D eigenvalue weighted by Gasteiger charge is -2.00. The van der Waals surface area contributed by atoms with Crippen LogP contribution in [-0.4, -0.2) is 16.6 Å². The van der Waals surface area contributed by atoms with Gasteiger partial charge >= 0.3 is 0 Å². The van der Waals surface area contributed by atoms with Gasteiger partial charge in [0.25, 0.3) is 0 Å². The third kappa shape index (κ3) is 6.10. The fourth-order valence-corrected chi connectivity index (χ4v) is 0.196. The van der Waals surface area contributed by atoms with E-state index in [0.29, 0.717) is 10.5 Å². The molecule has 0 radical (unpaired) electrons. The Bertz CT molecular complexity index is 39.2. The maximum absolute atomic E-state index is 4.50. The Hall–Kier alpha value is 0.0969. The lowest BCUT2D eigenvalue weighted by molar-refractivity contribution is -0.480. The van der Waals surface area contributed by atoms with Crippen molar-refractivity contribution >= 4 is 10.5 Å². The Morgan fingerprint density at radius 3 is 2.14 bits per heavy atom. The molecule has 0 fully saturated rings. The van der Waals surface area contributed by atoms with Crippen molar-refractivity contribution in [2.24, 2.45) is 0 Å². The van der Waals surface area contributed by atoms with Crippen LogP contribution >= 0.6 is 0 Å². The maximum Gasteiger partial charge on any atom is 0.197 e. The van der Waals surface area contributed by atoms with E-state index in [1.165, 1.54) is 0 Å². The van der Waals surface area contributed by atoms with E-state index in [2.05, 4.69) is 14.5 Å². The molecule has 0 atom stereocenters. The van der Waals surface area contributed by atoms with Gasteiger partial charge < -0.3 is 0 Å². The summed E-state index contributed by atoms with van der Waals surface area (Å²) in [5.74, 6) is 0. The van der Waals surface area contributed by atoms with Crippen molar-refractivity contribution in [1.29, 1.82) is 0 Å². The minimum Gasteiger partial charge on any atom is -0.269 e. The average Bonchev–Trinajstić information content (AvgIpc) is 1.61. The van der Waals surface area contributed by atoms with E-state index in [1.807, 2.05) is 13.8 Å². The highest BCUT2D eigenvalue weighted by molar-refractivity contribution is 5.97. The number of hydrogen-bond donors (Lipinski definition) is 0. The molecule has 0 unspecified atom stereocenters. The maximum atomic E-state index is 4.50. The van der Waals surface area contributed by atoms with E-state index in [0.717, 1.165) is 0 Å². The third-order valence-electron chi connectivity index (χ3n) is 0.300. The quantitative estimate of drug-likeness (QED) is 0.288. The summed E-state index contributed by atoms with van der Waals surface area (Å²) in [6.07, 6.45) is 0.0777. The van der Waals surface area contributed by atoms with Gasteiger partial charge in [-0.1, -0.05) is 5.04 Å². The van der Waals surface area contributed by atoms with Gasteiger partial charge in [0.15, 0.2) is 10.5 Å². The highest BCUT2D eigenvalue weighted by Gasteiger charge is 1.89. The molecule has 0 N–H and O–H groups in total. The first kappa shape index (κ1) is 7.10. The van der Waals surface area contributed by atoms with E-state index < -0.39 is 0 Å². The predicted molar refractivity (Wildman–Crippen MR) is 28.3 cm³/mol. The lowest BCUT2D eigenvalue weighted by Crippen LogP contribution is -2.02. The van der Waals surface area contributed by atoms with Crippen LogP contribution in [0.3, 0.4) is 0 Å². The fraction of sp³-hybridized carbons (Fsp3) is 1.00. The molecule has 0 aliphatic carbocycles. The molecule has 0 bridgehead atoms. The molecule has 7 heavy (non-hydrogen) atoms. The highest BCUT2D eigenvalue weighted by Crippen LogP contribution is 1.86. The smallest absolute Gasteiger partial charge is 0.197 e. The van der Waals surface area contributed by atoms with Gasteiger partial charge in [-0.15, -0.1) is 0 Å². The van der Waals surface area contributed by atoms with Gasteiger partial charge in [-0.25, -0.2) is 4.89 Å². The molecule has 0 aromatic heterocycles. The van der Waals surface area contributed by atoms with Gasteiger partial charge in [-0.05, 0) is 13.8 Å². The van der Waals surface area contributed by atoms with E-state index in [4.69, 9.17) is 0 Å². The van der Waals surface area contributed by atoms with Crippen LogP contribution in [0, 0.1) is 0 Å². The average molecular weight is 122 g/mol. The zero-order chi connectivity index (χ0) is 5.70. The number of rotatable bonds is 3. The fourth-order valence-electron chi connectivity index (χ4n) is 0.118. The second-order valence-corrected chi connectivity index (χ2v) is 1.71. The molecule has 0 rings (SSSR count). The molecule has 0 saturated carbocycles. The van der Waals surface area contributed by atoms with Crippen LogP contribution in [0.2, 0.25) is 0 Å². The Balaban J connectivity index is 2.68. The summed E-state index contributed by atoms with van der Waals surface area (Å²) < 4.78 is 4.27. The van der Waals surface area contributed by atoms with Crippen LogP contribution in [-0.2, 0) is 14.5 Å². The molecule has 3 nitrogen and oxygen atoms in total. The summed E-state index contributed by atoms with van der Waals surface area (Å²) in [6, 6.07) is 0. The Kier molecular flexibility index (Phi) is 4.32. The van der Waals surface area contributed by atoms with Gasteiger partial charge in [0.1, 0.15) is 0 Å². The van der Waals surface area contributed by atoms with Crippen molar-refractivity contribution in [1.82, 2.24) is 0 Å². The SMILES string of the molecule is CC(C)OOO[SiH3]. The van der Waals surface area contributed by atoms with Crippen LogP contribution in [0.15, 0.2) is 0 Å². The monoisotopic (exact) mass is 122 g/mol. The van der Waals surface area contributed by atoms with Crippen LogP contribution in [0.4, 0.5) is 0 Å². The summed E-state index contributed by atoms with van der Waals surface area (Å²) in [5.41, 5.74) is 0. The van der Waals surface area contributed by atoms with Gasteiger partial charge in [-0.3, -0.25) is 4.58 Å². The Morgan fingerprint density at radius 2 is 2.00 bits per heavy atom. The van der Waals surface area contributed by atoms with Gasteiger partial charge in [0.05, 0.1) is 6.10 Å². The first-order valence-corrected chi connectivity index (χ1v) is 2.95. The predicted octanol–water partition coefficient (Wildman–Crippen LogP) is -0.445. The molecular weight excluding hydrogens is 112 g/mol. The van der Waals surface area contributed by atoms with E-state index >= 15 is 0 Å².